The lowest BCUT2D eigenvalue weighted by Gasteiger charge is -2.19. The topological polar surface area (TPSA) is 69.0 Å². The van der Waals surface area contributed by atoms with Gasteiger partial charge in [0.25, 0.3) is 5.91 Å². The number of nitrogens with zero attached hydrogens (tertiary/aromatic N) is 3. The van der Waals surface area contributed by atoms with E-state index in [4.69, 9.17) is 9.72 Å². The minimum absolute atomic E-state index is 0.164. The third-order valence-corrected chi connectivity index (χ3v) is 5.52. The van der Waals surface area contributed by atoms with Crippen molar-refractivity contribution in [2.24, 2.45) is 7.05 Å². The maximum atomic E-state index is 12.8. The van der Waals surface area contributed by atoms with Gasteiger partial charge >= 0.3 is 0 Å². The fourth-order valence-corrected chi connectivity index (χ4v) is 3.93. The standard InChI is InChI=1S/C25H22N4O2/c1-16-11-19(14-26-13-16)24-28-21-12-17(7-8-22(21)29(24)2)25(30)27-15-18-9-10-31-23-6-4-3-5-20(18)23/h3-8,11-15H,9-10H2,1-2H3,(H,27,30)/b18-15+. The molecule has 1 aliphatic rings. The third kappa shape index (κ3) is 3.57. The number of fused-ring (bicyclic) bond motifs is 2. The Kier molecular flexibility index (Phi) is 4.75. The minimum atomic E-state index is -0.164. The molecule has 154 valence electrons. The van der Waals surface area contributed by atoms with Crippen LogP contribution in [-0.2, 0) is 7.05 Å². The molecule has 5 rings (SSSR count). The highest BCUT2D eigenvalue weighted by Gasteiger charge is 2.16. The predicted molar refractivity (Wildman–Crippen MR) is 121 cm³/mol. The Labute approximate surface area is 180 Å². The zero-order valence-electron chi connectivity index (χ0n) is 17.4. The molecule has 6 nitrogen and oxygen atoms in total. The quantitative estimate of drug-likeness (QED) is 0.540. The summed E-state index contributed by atoms with van der Waals surface area (Å²) < 4.78 is 7.70. The number of ether oxygens (including phenoxy) is 1. The van der Waals surface area contributed by atoms with Crippen LogP contribution in [0.4, 0.5) is 0 Å². The van der Waals surface area contributed by atoms with Crippen molar-refractivity contribution < 1.29 is 9.53 Å². The first-order valence-corrected chi connectivity index (χ1v) is 10.2. The summed E-state index contributed by atoms with van der Waals surface area (Å²) >= 11 is 0. The largest absolute Gasteiger partial charge is 0.493 e. The van der Waals surface area contributed by atoms with Crippen LogP contribution in [0.15, 0.2) is 67.1 Å². The Hall–Kier alpha value is -3.93. The first-order chi connectivity index (χ1) is 15.1. The van der Waals surface area contributed by atoms with Gasteiger partial charge in [-0.25, -0.2) is 4.98 Å². The lowest BCUT2D eigenvalue weighted by molar-refractivity contribution is 0.0970. The van der Waals surface area contributed by atoms with Gasteiger partial charge in [0, 0.05) is 48.8 Å². The molecule has 3 heterocycles. The second kappa shape index (κ2) is 7.72. The van der Waals surface area contributed by atoms with Crippen molar-refractivity contribution in [2.45, 2.75) is 13.3 Å². The van der Waals surface area contributed by atoms with E-state index in [0.29, 0.717) is 12.2 Å². The Morgan fingerprint density at radius 3 is 2.90 bits per heavy atom. The van der Waals surface area contributed by atoms with Gasteiger partial charge in [-0.1, -0.05) is 18.2 Å². The van der Waals surface area contributed by atoms with E-state index >= 15 is 0 Å². The number of carbonyl (C=O) groups excluding carboxylic acids is 1. The molecule has 0 saturated carbocycles. The van der Waals surface area contributed by atoms with Crippen molar-refractivity contribution in [3.05, 3.63) is 83.8 Å². The molecule has 2 aromatic carbocycles. The number of amides is 1. The molecule has 0 unspecified atom stereocenters. The van der Waals surface area contributed by atoms with Gasteiger partial charge in [0.1, 0.15) is 11.6 Å². The van der Waals surface area contributed by atoms with Crippen molar-refractivity contribution in [1.29, 1.82) is 0 Å². The number of pyridine rings is 1. The van der Waals surface area contributed by atoms with Crippen LogP contribution in [0.25, 0.3) is 28.0 Å². The lowest BCUT2D eigenvalue weighted by atomic mass is 10.0. The van der Waals surface area contributed by atoms with E-state index in [0.717, 1.165) is 51.3 Å². The van der Waals surface area contributed by atoms with Gasteiger partial charge in [0.15, 0.2) is 0 Å². The number of rotatable bonds is 3. The second-order valence-electron chi connectivity index (χ2n) is 7.69. The fourth-order valence-electron chi connectivity index (χ4n) is 3.93. The Morgan fingerprint density at radius 2 is 2.03 bits per heavy atom. The smallest absolute Gasteiger partial charge is 0.255 e. The first kappa shape index (κ1) is 19.1. The number of benzene rings is 2. The summed E-state index contributed by atoms with van der Waals surface area (Å²) in [6.07, 6.45) is 6.17. The fraction of sp³-hybridized carbons (Fsp3) is 0.160. The highest BCUT2D eigenvalue weighted by molar-refractivity contribution is 5.99. The summed E-state index contributed by atoms with van der Waals surface area (Å²) in [5, 5.41) is 2.93. The lowest BCUT2D eigenvalue weighted by Crippen LogP contribution is -2.19. The highest BCUT2D eigenvalue weighted by atomic mass is 16.5. The van der Waals surface area contributed by atoms with Gasteiger partial charge in [0.2, 0.25) is 0 Å². The molecule has 0 aliphatic carbocycles. The van der Waals surface area contributed by atoms with E-state index in [9.17, 15) is 4.79 Å². The van der Waals surface area contributed by atoms with Crippen molar-refractivity contribution in [1.82, 2.24) is 19.9 Å². The van der Waals surface area contributed by atoms with Crippen LogP contribution in [0.2, 0.25) is 0 Å². The zero-order chi connectivity index (χ0) is 21.4. The van der Waals surface area contributed by atoms with Gasteiger partial charge in [-0.3, -0.25) is 9.78 Å². The number of imidazole rings is 1. The van der Waals surface area contributed by atoms with Gasteiger partial charge in [-0.05, 0) is 48.4 Å². The molecule has 1 amide bonds. The summed E-state index contributed by atoms with van der Waals surface area (Å²) in [6.45, 7) is 2.61. The monoisotopic (exact) mass is 410 g/mol. The van der Waals surface area contributed by atoms with Crippen molar-refractivity contribution in [3.8, 4) is 17.1 Å². The molecule has 1 N–H and O–H groups in total. The normalized spacial score (nSPS) is 14.3. The van der Waals surface area contributed by atoms with Crippen LogP contribution in [0.1, 0.15) is 27.9 Å². The van der Waals surface area contributed by atoms with Crippen LogP contribution < -0.4 is 10.1 Å². The average molecular weight is 410 g/mol. The zero-order valence-corrected chi connectivity index (χ0v) is 17.4. The van der Waals surface area contributed by atoms with Crippen LogP contribution >= 0.6 is 0 Å². The Balaban J connectivity index is 1.43. The predicted octanol–water partition coefficient (Wildman–Crippen LogP) is 4.50. The molecule has 31 heavy (non-hydrogen) atoms. The number of hydrogen-bond donors (Lipinski definition) is 1. The van der Waals surface area contributed by atoms with E-state index in [1.54, 1.807) is 12.4 Å². The molecule has 0 fully saturated rings. The Bertz CT molecular complexity index is 1340. The first-order valence-electron chi connectivity index (χ1n) is 10.2. The van der Waals surface area contributed by atoms with Gasteiger partial charge in [-0.2, -0.15) is 0 Å². The van der Waals surface area contributed by atoms with Gasteiger partial charge in [0.05, 0.1) is 17.6 Å². The van der Waals surface area contributed by atoms with E-state index in [1.165, 1.54) is 0 Å². The van der Waals surface area contributed by atoms with Crippen molar-refractivity contribution in [3.63, 3.8) is 0 Å². The van der Waals surface area contributed by atoms with Crippen LogP contribution in [-0.4, -0.2) is 27.0 Å². The number of carbonyl (C=O) groups is 1. The van der Waals surface area contributed by atoms with E-state index in [-0.39, 0.29) is 5.91 Å². The summed E-state index contributed by atoms with van der Waals surface area (Å²) in [4.78, 5) is 21.8. The average Bonchev–Trinajstić information content (AvgIpc) is 3.13. The third-order valence-electron chi connectivity index (χ3n) is 5.52. The van der Waals surface area contributed by atoms with E-state index < -0.39 is 0 Å². The van der Waals surface area contributed by atoms with Crippen molar-refractivity contribution in [2.75, 3.05) is 6.61 Å². The number of hydrogen-bond acceptors (Lipinski definition) is 4. The molecular weight excluding hydrogens is 388 g/mol. The van der Waals surface area contributed by atoms with Crippen molar-refractivity contribution >= 4 is 22.5 Å². The van der Waals surface area contributed by atoms with Crippen LogP contribution in [0, 0.1) is 6.92 Å². The number of nitrogens with one attached hydrogen (secondary N) is 1. The SMILES string of the molecule is Cc1cncc(-c2nc3cc(C(=O)N/C=C4\CCOc5ccccc54)ccc3n2C)c1. The molecule has 4 aromatic rings. The molecule has 0 saturated heterocycles. The summed E-state index contributed by atoms with van der Waals surface area (Å²) in [5.74, 6) is 1.51. The molecular formula is C25H22N4O2. The van der Waals surface area contributed by atoms with Crippen LogP contribution in [0.3, 0.4) is 0 Å². The maximum absolute atomic E-state index is 12.8. The van der Waals surface area contributed by atoms with Gasteiger partial charge < -0.3 is 14.6 Å². The molecule has 1 aliphatic heterocycles. The summed E-state index contributed by atoms with van der Waals surface area (Å²) in [5.41, 5.74) is 6.41. The summed E-state index contributed by atoms with van der Waals surface area (Å²) in [7, 11) is 1.97. The maximum Gasteiger partial charge on any atom is 0.255 e. The highest BCUT2D eigenvalue weighted by Crippen LogP contribution is 2.32. The second-order valence-corrected chi connectivity index (χ2v) is 7.69. The van der Waals surface area contributed by atoms with Crippen LogP contribution in [0.5, 0.6) is 5.75 Å². The molecule has 0 bridgehead atoms. The number of para-hydroxylation sites is 1. The van der Waals surface area contributed by atoms with Gasteiger partial charge in [-0.15, -0.1) is 0 Å². The molecule has 0 atom stereocenters. The minimum Gasteiger partial charge on any atom is -0.493 e. The van der Waals surface area contributed by atoms with E-state index in [2.05, 4.69) is 16.4 Å². The Morgan fingerprint density at radius 1 is 1.16 bits per heavy atom. The molecule has 6 heteroatoms. The summed E-state index contributed by atoms with van der Waals surface area (Å²) in [6, 6.07) is 15.5. The molecule has 2 aromatic heterocycles. The number of aryl methyl sites for hydroxylation is 2. The number of aromatic nitrogens is 3. The molecule has 0 spiro atoms. The van der Waals surface area contributed by atoms with E-state index in [1.807, 2.05) is 67.2 Å². The molecule has 0 radical (unpaired) electrons.